The van der Waals surface area contributed by atoms with E-state index in [4.69, 9.17) is 16.3 Å². The molecule has 2 aromatic carbocycles. The van der Waals surface area contributed by atoms with Crippen molar-refractivity contribution in [3.05, 3.63) is 71.5 Å². The first kappa shape index (κ1) is 19.3. The Morgan fingerprint density at radius 2 is 2.11 bits per heavy atom. The molecule has 0 spiro atoms. The van der Waals surface area contributed by atoms with Crippen molar-refractivity contribution < 1.29 is 9.53 Å². The number of nitrogens with zero attached hydrogens (tertiary/aromatic N) is 2. The van der Waals surface area contributed by atoms with Gasteiger partial charge in [-0.3, -0.25) is 9.36 Å². The number of benzene rings is 2. The number of hydrogen-bond donors (Lipinski definition) is 1. The maximum absolute atomic E-state index is 12.3. The molecule has 7 heteroatoms. The van der Waals surface area contributed by atoms with Gasteiger partial charge in [0.25, 0.3) is 0 Å². The van der Waals surface area contributed by atoms with Gasteiger partial charge in [0, 0.05) is 23.5 Å². The van der Waals surface area contributed by atoms with Gasteiger partial charge < -0.3 is 10.1 Å². The molecular weight excluding hydrogens is 382 g/mol. The Morgan fingerprint density at radius 1 is 1.30 bits per heavy atom. The third-order valence-electron chi connectivity index (χ3n) is 4.02. The van der Waals surface area contributed by atoms with Crippen LogP contribution < -0.4 is 10.1 Å². The standard InChI is InChI=1S/C20H20ClN3O2S/c1-14(17-8-3-4-9-18(17)21)23-19(25)13-27-20-22-10-11-24(20)15-6-5-7-16(12-15)26-2/h3-12,14H,13H2,1-2H3,(H,23,25). The van der Waals surface area contributed by atoms with Crippen LogP contribution in [0.1, 0.15) is 18.5 Å². The number of hydrogen-bond acceptors (Lipinski definition) is 4. The minimum absolute atomic E-state index is 0.0763. The lowest BCUT2D eigenvalue weighted by atomic mass is 10.1. The molecule has 0 saturated heterocycles. The molecule has 0 fully saturated rings. The van der Waals surface area contributed by atoms with E-state index >= 15 is 0 Å². The molecule has 1 heterocycles. The quantitative estimate of drug-likeness (QED) is 0.592. The van der Waals surface area contributed by atoms with Gasteiger partial charge in [-0.25, -0.2) is 4.98 Å². The topological polar surface area (TPSA) is 56.2 Å². The van der Waals surface area contributed by atoms with E-state index in [9.17, 15) is 4.79 Å². The van der Waals surface area contributed by atoms with Gasteiger partial charge in [0.1, 0.15) is 5.75 Å². The summed E-state index contributed by atoms with van der Waals surface area (Å²) in [7, 11) is 1.63. The molecule has 1 unspecified atom stereocenters. The van der Waals surface area contributed by atoms with Gasteiger partial charge in [-0.15, -0.1) is 0 Å². The number of aromatic nitrogens is 2. The zero-order valence-electron chi connectivity index (χ0n) is 15.1. The van der Waals surface area contributed by atoms with Crippen molar-refractivity contribution in [2.45, 2.75) is 18.1 Å². The van der Waals surface area contributed by atoms with Crippen LogP contribution in [0.3, 0.4) is 0 Å². The zero-order chi connectivity index (χ0) is 19.2. The lowest BCUT2D eigenvalue weighted by Gasteiger charge is -2.15. The summed E-state index contributed by atoms with van der Waals surface area (Å²) in [5, 5.41) is 4.36. The molecule has 0 radical (unpaired) electrons. The summed E-state index contributed by atoms with van der Waals surface area (Å²) in [6, 6.07) is 15.0. The highest BCUT2D eigenvalue weighted by Crippen LogP contribution is 2.24. The molecule has 1 N–H and O–H groups in total. The van der Waals surface area contributed by atoms with E-state index in [2.05, 4.69) is 10.3 Å². The molecule has 3 aromatic rings. The number of carbonyl (C=O) groups excluding carboxylic acids is 1. The highest BCUT2D eigenvalue weighted by atomic mass is 35.5. The van der Waals surface area contributed by atoms with Gasteiger partial charge in [0.05, 0.1) is 24.6 Å². The van der Waals surface area contributed by atoms with Crippen LogP contribution >= 0.6 is 23.4 Å². The predicted octanol–water partition coefficient (Wildman–Crippen LogP) is 4.50. The monoisotopic (exact) mass is 401 g/mol. The Morgan fingerprint density at radius 3 is 2.89 bits per heavy atom. The van der Waals surface area contributed by atoms with Crippen molar-refractivity contribution in [3.8, 4) is 11.4 Å². The number of rotatable bonds is 7. The largest absolute Gasteiger partial charge is 0.497 e. The molecule has 0 aliphatic carbocycles. The summed E-state index contributed by atoms with van der Waals surface area (Å²) >= 11 is 7.57. The number of nitrogens with one attached hydrogen (secondary N) is 1. The lowest BCUT2D eigenvalue weighted by Crippen LogP contribution is -2.28. The zero-order valence-corrected chi connectivity index (χ0v) is 16.6. The van der Waals surface area contributed by atoms with E-state index in [1.54, 1.807) is 13.3 Å². The Hall–Kier alpha value is -2.44. The second-order valence-corrected chi connectivity index (χ2v) is 7.23. The molecule has 3 rings (SSSR count). The van der Waals surface area contributed by atoms with E-state index in [0.717, 1.165) is 22.2 Å². The van der Waals surface area contributed by atoms with Gasteiger partial charge >= 0.3 is 0 Å². The Kier molecular flexibility index (Phi) is 6.42. The summed E-state index contributed by atoms with van der Waals surface area (Å²) < 4.78 is 7.20. The van der Waals surface area contributed by atoms with Crippen LogP contribution in [0.15, 0.2) is 66.1 Å². The van der Waals surface area contributed by atoms with Crippen LogP contribution in [0.2, 0.25) is 5.02 Å². The van der Waals surface area contributed by atoms with Crippen LogP contribution in [-0.4, -0.2) is 28.3 Å². The second kappa shape index (κ2) is 8.97. The summed E-state index contributed by atoms with van der Waals surface area (Å²) in [5.41, 5.74) is 1.83. The molecule has 1 atom stereocenters. The first-order valence-corrected chi connectivity index (χ1v) is 9.79. The van der Waals surface area contributed by atoms with Crippen molar-refractivity contribution in [1.82, 2.24) is 14.9 Å². The van der Waals surface area contributed by atoms with Crippen LogP contribution in [0.5, 0.6) is 5.75 Å². The molecule has 1 amide bonds. The first-order chi connectivity index (χ1) is 13.1. The molecule has 0 aliphatic heterocycles. The number of carbonyl (C=O) groups is 1. The first-order valence-electron chi connectivity index (χ1n) is 8.43. The molecule has 5 nitrogen and oxygen atoms in total. The molecule has 140 valence electrons. The van der Waals surface area contributed by atoms with E-state index in [-0.39, 0.29) is 17.7 Å². The molecular formula is C20H20ClN3O2S. The second-order valence-electron chi connectivity index (χ2n) is 5.88. The van der Waals surface area contributed by atoms with E-state index in [1.807, 2.05) is 66.2 Å². The average Bonchev–Trinajstić information content (AvgIpc) is 3.15. The Balaban J connectivity index is 1.63. The van der Waals surface area contributed by atoms with E-state index < -0.39 is 0 Å². The Labute approximate surface area is 167 Å². The molecule has 0 bridgehead atoms. The summed E-state index contributed by atoms with van der Waals surface area (Å²) in [6.07, 6.45) is 3.58. The summed E-state index contributed by atoms with van der Waals surface area (Å²) in [5.74, 6) is 0.951. The number of amides is 1. The predicted molar refractivity (Wildman–Crippen MR) is 109 cm³/mol. The van der Waals surface area contributed by atoms with E-state index in [0.29, 0.717) is 5.02 Å². The highest BCUT2D eigenvalue weighted by Gasteiger charge is 2.14. The van der Waals surface area contributed by atoms with Crippen LogP contribution in [-0.2, 0) is 4.79 Å². The van der Waals surface area contributed by atoms with Crippen molar-refractivity contribution in [2.24, 2.45) is 0 Å². The van der Waals surface area contributed by atoms with Crippen LogP contribution in [0.4, 0.5) is 0 Å². The maximum atomic E-state index is 12.3. The van der Waals surface area contributed by atoms with Crippen molar-refractivity contribution in [1.29, 1.82) is 0 Å². The van der Waals surface area contributed by atoms with Gasteiger partial charge in [0.2, 0.25) is 5.91 Å². The van der Waals surface area contributed by atoms with Crippen LogP contribution in [0.25, 0.3) is 5.69 Å². The number of halogens is 1. The fourth-order valence-electron chi connectivity index (χ4n) is 2.67. The molecule has 27 heavy (non-hydrogen) atoms. The smallest absolute Gasteiger partial charge is 0.230 e. The minimum Gasteiger partial charge on any atom is -0.497 e. The summed E-state index contributed by atoms with van der Waals surface area (Å²) in [6.45, 7) is 1.92. The van der Waals surface area contributed by atoms with Gasteiger partial charge in [-0.2, -0.15) is 0 Å². The number of methoxy groups -OCH3 is 1. The third-order valence-corrected chi connectivity index (χ3v) is 5.33. The van der Waals surface area contributed by atoms with Gasteiger partial charge in [-0.1, -0.05) is 47.6 Å². The fraction of sp³-hybridized carbons (Fsp3) is 0.200. The third kappa shape index (κ3) is 4.84. The normalized spacial score (nSPS) is 11.8. The molecule has 0 aliphatic rings. The van der Waals surface area contributed by atoms with Crippen molar-refractivity contribution in [2.75, 3.05) is 12.9 Å². The van der Waals surface area contributed by atoms with Gasteiger partial charge in [-0.05, 0) is 30.7 Å². The lowest BCUT2D eigenvalue weighted by molar-refractivity contribution is -0.119. The average molecular weight is 402 g/mol. The maximum Gasteiger partial charge on any atom is 0.230 e. The van der Waals surface area contributed by atoms with Gasteiger partial charge in [0.15, 0.2) is 5.16 Å². The summed E-state index contributed by atoms with van der Waals surface area (Å²) in [4.78, 5) is 16.7. The number of thioether (sulfide) groups is 1. The molecule has 1 aromatic heterocycles. The van der Waals surface area contributed by atoms with E-state index in [1.165, 1.54) is 11.8 Å². The molecule has 0 saturated carbocycles. The van der Waals surface area contributed by atoms with Crippen molar-refractivity contribution >= 4 is 29.3 Å². The Bertz CT molecular complexity index is 929. The number of imidazole rings is 1. The van der Waals surface area contributed by atoms with Crippen molar-refractivity contribution in [3.63, 3.8) is 0 Å². The van der Waals surface area contributed by atoms with Crippen LogP contribution in [0, 0.1) is 0 Å². The minimum atomic E-state index is -0.162. The SMILES string of the molecule is COc1cccc(-n2ccnc2SCC(=O)NC(C)c2ccccc2Cl)c1. The highest BCUT2D eigenvalue weighted by molar-refractivity contribution is 7.99. The number of ether oxygens (including phenoxy) is 1. The fourth-order valence-corrected chi connectivity index (χ4v) is 3.75.